The van der Waals surface area contributed by atoms with E-state index in [0.29, 0.717) is 33.4 Å². The van der Waals surface area contributed by atoms with Crippen LogP contribution in [-0.4, -0.2) is 0 Å². The van der Waals surface area contributed by atoms with Gasteiger partial charge in [-0.25, -0.2) is 0 Å². The molecular weight excluding hydrogens is 1780 g/mol. The van der Waals surface area contributed by atoms with E-state index in [0.717, 1.165) is 114 Å². The number of hydrogen-bond donors (Lipinski definition) is 0. The maximum atomic E-state index is 10.1. The molecule has 0 atom stereocenters. The molecule has 0 amide bonds. The van der Waals surface area contributed by atoms with Crippen LogP contribution in [0.25, 0.3) is 327 Å². The van der Waals surface area contributed by atoms with Gasteiger partial charge in [0.25, 0.3) is 0 Å². The van der Waals surface area contributed by atoms with Crippen LogP contribution in [0.5, 0.6) is 0 Å². The molecule has 0 aliphatic carbocycles. The Hall–Kier alpha value is -19.2. The summed E-state index contributed by atoms with van der Waals surface area (Å²) in [7, 11) is 0. The summed E-state index contributed by atoms with van der Waals surface area (Å²) in [6.45, 7) is 0. The van der Waals surface area contributed by atoms with Crippen molar-refractivity contribution >= 4 is 205 Å². The SMILES string of the molecule is [2H]c1c([2H])c(-c2c([2H])c([2H])c3c([2H])c([2H])c4c([2H])c([2H])c([2H])c5c([2H])c([2H])c2c3c45)c([2H])c([2H])c1-c1c([2H])c(-c2c([2H])c([2H])c3c([2H])c([2H])c4c([2H])c([2H])c([2H])c5c([2H])c([2H])c2c3c45)c2c([2H])c([2H])c([2H])c([2H])c2c1[2H].[2H]c1c([2H])c([2H])c(-c2cc(-c3ccc4ccc5cccc6ccc3c4c56)ccc2-c2ccccc2-c2ccc3ccc4cccc5ccc2c3c45)c([2H])c1[2H].[2H]c1c([2H])c([2H])c(-c2ccc3ccc4cccc5ccc2c3c45)c(-c2c([2H])c([2H])c(-c3ccc4ccc5cccc6ccc3c4c56)c([2H])c2-c2ccccc2)c1[2H]. The normalized spacial score (nSPS) is 15.8. The van der Waals surface area contributed by atoms with Crippen molar-refractivity contribution in [1.82, 2.24) is 0 Å². The predicted molar refractivity (Wildman–Crippen MR) is 639 cm³/mol. The molecular formula is C148H88. The maximum Gasteiger partial charge on any atom is 0.0636 e. The third kappa shape index (κ3) is 13.1. The molecule has 0 radical (unpaired) electrons. The zero-order chi connectivity index (χ0) is 132. The quantitative estimate of drug-likeness (QED) is 0.113. The average Bonchev–Trinajstić information content (AvgIpc) is 0.676. The summed E-state index contributed by atoms with van der Waals surface area (Å²) < 4.78 is 366. The van der Waals surface area contributed by atoms with Gasteiger partial charge in [-0.2, -0.15) is 0 Å². The molecule has 0 aromatic heterocycles. The Labute approximate surface area is 910 Å². The van der Waals surface area contributed by atoms with Crippen molar-refractivity contribution in [3.8, 4) is 122 Å². The molecule has 0 bridgehead atoms. The van der Waals surface area contributed by atoms with E-state index in [1.165, 1.54) is 48.5 Å². The van der Waals surface area contributed by atoms with Crippen LogP contribution in [-0.2, 0) is 0 Å². The van der Waals surface area contributed by atoms with Crippen molar-refractivity contribution in [2.75, 3.05) is 0 Å². The summed E-state index contributed by atoms with van der Waals surface area (Å²) in [5, 5.41) is 20.2. The lowest BCUT2D eigenvalue weighted by molar-refractivity contribution is 1.57. The zero-order valence-electron chi connectivity index (χ0n) is 118. The van der Waals surface area contributed by atoms with Crippen LogP contribution in [0.2, 0.25) is 0 Å². The van der Waals surface area contributed by atoms with Gasteiger partial charge in [0, 0.05) is 0 Å². The molecule has 0 aliphatic rings. The smallest absolute Gasteiger partial charge is 0.0622 e. The first-order valence-corrected chi connectivity index (χ1v) is 48.4. The molecule has 33 aromatic carbocycles. The summed E-state index contributed by atoms with van der Waals surface area (Å²) in [6, 6.07) is 72.1. The van der Waals surface area contributed by atoms with E-state index in [2.05, 4.69) is 188 Å². The highest BCUT2D eigenvalue weighted by Gasteiger charge is 2.26. The molecule has 0 unspecified atom stereocenters. The van der Waals surface area contributed by atoms with Gasteiger partial charge < -0.3 is 0 Å². The molecule has 0 aliphatic heterocycles. The van der Waals surface area contributed by atoms with Crippen LogP contribution in [0.1, 0.15) is 54.8 Å². The van der Waals surface area contributed by atoms with E-state index in [9.17, 15) is 24.7 Å². The molecule has 0 nitrogen and oxygen atoms in total. The van der Waals surface area contributed by atoms with Crippen molar-refractivity contribution in [3.63, 3.8) is 0 Å². The second-order valence-electron chi connectivity index (χ2n) is 37.3. The second-order valence-corrected chi connectivity index (χ2v) is 37.3. The standard InChI is InChI=1S/2C50H30.C48H28/c2*1-2-8-31(9-3-1)46-30-38(39-25-20-36-18-16-32-10-6-12-34-22-28-44(39)49(36)47(32)34)24-27-43(46)41-15-5-4-14-40(41)42-26-21-37-19-17-33-11-7-13-35-23-29-45(42)50(37)48(33)35;1-2-10-39-37(5-1)27-38(28-44(39)41-24-20-36-18-16-32-7-4-9-34-22-26-43(41)48(36)46(32)34)29-11-13-30(14-12-29)40-23-19-35-17-15-31-6-3-8-33-21-25-42(40)47(35)45(31)33/h2*1-30H;1-28H/i4D,5D,14D,15D,24D,27D,30D;1D,2D,3D,8D,9D;1D,2D,3D,4D,5D,6D,7D,8D,9D,10D,11D,12D,13D,14D,15D,16D,17D,18D,19D,20D,21D,22D,23D,24D,25D,26D,27D,28D. The van der Waals surface area contributed by atoms with Gasteiger partial charge in [-0.05, 0) is 351 Å². The minimum absolute atomic E-state index is 0.0148. The molecule has 0 heterocycles. The average molecular weight is 1910 g/mol. The Morgan fingerprint density at radius 2 is 0.419 bits per heavy atom. The summed E-state index contributed by atoms with van der Waals surface area (Å²) in [5.41, 5.74) is 4.76. The van der Waals surface area contributed by atoms with Crippen LogP contribution in [0.15, 0.2) is 533 Å². The van der Waals surface area contributed by atoms with Crippen LogP contribution in [0.4, 0.5) is 0 Å². The van der Waals surface area contributed by atoms with E-state index in [-0.39, 0.29) is 104 Å². The van der Waals surface area contributed by atoms with Crippen LogP contribution >= 0.6 is 0 Å². The largest absolute Gasteiger partial charge is 0.0636 e. The van der Waals surface area contributed by atoms with Crippen LogP contribution in [0.3, 0.4) is 0 Å². The topological polar surface area (TPSA) is 0 Å². The first-order valence-electron chi connectivity index (χ1n) is 68.4. The van der Waals surface area contributed by atoms with Gasteiger partial charge >= 0.3 is 0 Å². The molecule has 0 N–H and O–H groups in total. The lowest BCUT2D eigenvalue weighted by atomic mass is 9.84. The Kier molecular flexibility index (Phi) is 11.9. The lowest BCUT2D eigenvalue weighted by Gasteiger charge is -2.19. The van der Waals surface area contributed by atoms with E-state index in [4.69, 9.17) is 30.2 Å². The number of hydrogen-bond acceptors (Lipinski definition) is 0. The van der Waals surface area contributed by atoms with Gasteiger partial charge in [0.2, 0.25) is 0 Å². The third-order valence-electron chi connectivity index (χ3n) is 29.5. The minimum Gasteiger partial charge on any atom is -0.0622 e. The molecule has 148 heavy (non-hydrogen) atoms. The maximum absolute atomic E-state index is 10.1. The van der Waals surface area contributed by atoms with E-state index >= 15 is 0 Å². The molecule has 0 saturated heterocycles. The molecule has 33 aromatic rings. The Morgan fingerprint density at radius 1 is 0.101 bits per heavy atom. The van der Waals surface area contributed by atoms with Crippen molar-refractivity contribution < 1.29 is 54.8 Å². The number of fused-ring (bicyclic) bond motifs is 1. The molecule has 0 heteroatoms. The fourth-order valence-corrected chi connectivity index (χ4v) is 22.9. The highest BCUT2D eigenvalue weighted by Crippen LogP contribution is 2.53. The van der Waals surface area contributed by atoms with E-state index in [1.54, 1.807) is 0 Å². The van der Waals surface area contributed by atoms with E-state index in [1.807, 2.05) is 103 Å². The van der Waals surface area contributed by atoms with Crippen LogP contribution in [0, 0.1) is 0 Å². The van der Waals surface area contributed by atoms with Gasteiger partial charge in [-0.15, -0.1) is 0 Å². The molecule has 0 saturated carbocycles. The summed E-state index contributed by atoms with van der Waals surface area (Å²) in [5.74, 6) is 0. The minimum atomic E-state index is -1.09. The van der Waals surface area contributed by atoms with Gasteiger partial charge in [0.05, 0.1) is 54.8 Å². The van der Waals surface area contributed by atoms with Crippen molar-refractivity contribution in [3.05, 3.63) is 533 Å². The predicted octanol–water partition coefficient (Wildman–Crippen LogP) is 41.9. The fraction of sp³-hybridized carbons (Fsp3) is 0. The fourth-order valence-electron chi connectivity index (χ4n) is 22.9. The summed E-state index contributed by atoms with van der Waals surface area (Å²) >= 11 is 0. The highest BCUT2D eigenvalue weighted by molar-refractivity contribution is 6.33. The third-order valence-corrected chi connectivity index (χ3v) is 29.5. The first-order chi connectivity index (χ1) is 90.1. The van der Waals surface area contributed by atoms with Gasteiger partial charge in [-0.1, -0.05) is 509 Å². The summed E-state index contributed by atoms with van der Waals surface area (Å²) in [6.07, 6.45) is 0. The van der Waals surface area contributed by atoms with Crippen molar-refractivity contribution in [2.45, 2.75) is 0 Å². The molecule has 0 fully saturated rings. The molecule has 680 valence electrons. The van der Waals surface area contributed by atoms with Gasteiger partial charge in [0.15, 0.2) is 0 Å². The first kappa shape index (κ1) is 53.2. The monoisotopic (exact) mass is 1900 g/mol. The van der Waals surface area contributed by atoms with Gasteiger partial charge in [0.1, 0.15) is 0 Å². The summed E-state index contributed by atoms with van der Waals surface area (Å²) in [4.78, 5) is 0. The van der Waals surface area contributed by atoms with Gasteiger partial charge in [-0.3, -0.25) is 0 Å². The second kappa shape index (κ2) is 33.2. The highest BCUT2D eigenvalue weighted by atomic mass is 14.3. The Morgan fingerprint density at radius 3 is 0.932 bits per heavy atom. The molecule has 33 rings (SSSR count). The van der Waals surface area contributed by atoms with Crippen LogP contribution < -0.4 is 0 Å². The Balaban J connectivity index is 0.000000120. The lowest BCUT2D eigenvalue weighted by Crippen LogP contribution is -1.93. The Bertz CT molecular complexity index is 13700. The molecule has 0 spiro atoms. The number of rotatable bonds is 11. The van der Waals surface area contributed by atoms with Crippen molar-refractivity contribution in [1.29, 1.82) is 0 Å². The van der Waals surface area contributed by atoms with Crippen molar-refractivity contribution in [2.24, 2.45) is 0 Å². The number of benzene rings is 33. The zero-order valence-corrected chi connectivity index (χ0v) is 77.7. The van der Waals surface area contributed by atoms with E-state index < -0.39 is 269 Å².